The molecule has 1 aromatic carbocycles. The van der Waals surface area contributed by atoms with E-state index in [0.717, 1.165) is 22.4 Å². The van der Waals surface area contributed by atoms with Crippen LogP contribution < -0.4 is 4.90 Å². The van der Waals surface area contributed by atoms with Gasteiger partial charge in [-0.1, -0.05) is 17.7 Å². The van der Waals surface area contributed by atoms with Crippen LogP contribution in [0.15, 0.2) is 47.5 Å². The first-order chi connectivity index (χ1) is 10.1. The summed E-state index contributed by atoms with van der Waals surface area (Å²) in [5.41, 5.74) is 1.35. The molecule has 4 nitrogen and oxygen atoms in total. The van der Waals surface area contributed by atoms with Crippen LogP contribution in [0.5, 0.6) is 0 Å². The molecular formula is C15H11ClN2O2S. The summed E-state index contributed by atoms with van der Waals surface area (Å²) in [5.74, 6) is -0.325. The van der Waals surface area contributed by atoms with E-state index in [-0.39, 0.29) is 11.1 Å². The van der Waals surface area contributed by atoms with Crippen molar-refractivity contribution in [2.24, 2.45) is 7.05 Å². The zero-order valence-electron chi connectivity index (χ0n) is 11.1. The number of halogens is 1. The molecule has 106 valence electrons. The molecule has 1 aliphatic rings. The van der Waals surface area contributed by atoms with E-state index in [1.807, 2.05) is 29.9 Å². The highest BCUT2D eigenvalue weighted by molar-refractivity contribution is 8.19. The van der Waals surface area contributed by atoms with Crippen LogP contribution in [0.3, 0.4) is 0 Å². The number of anilines is 1. The minimum atomic E-state index is -0.325. The molecular weight excluding hydrogens is 308 g/mol. The Morgan fingerprint density at radius 1 is 1.19 bits per heavy atom. The van der Waals surface area contributed by atoms with Gasteiger partial charge in [0.2, 0.25) is 0 Å². The minimum Gasteiger partial charge on any atom is -0.351 e. The van der Waals surface area contributed by atoms with Gasteiger partial charge in [0.1, 0.15) is 0 Å². The van der Waals surface area contributed by atoms with Crippen LogP contribution in [0.4, 0.5) is 10.5 Å². The Balaban J connectivity index is 1.96. The molecule has 2 aromatic rings. The number of benzene rings is 1. The molecule has 1 aromatic heterocycles. The molecule has 0 radical (unpaired) electrons. The van der Waals surface area contributed by atoms with E-state index in [9.17, 15) is 9.59 Å². The zero-order chi connectivity index (χ0) is 15.0. The second-order valence-electron chi connectivity index (χ2n) is 4.54. The van der Waals surface area contributed by atoms with Crippen molar-refractivity contribution in [3.8, 4) is 0 Å². The van der Waals surface area contributed by atoms with E-state index in [0.29, 0.717) is 15.6 Å². The molecule has 0 unspecified atom stereocenters. The van der Waals surface area contributed by atoms with E-state index in [1.165, 1.54) is 0 Å². The number of hydrogen-bond donors (Lipinski definition) is 0. The van der Waals surface area contributed by atoms with Crippen molar-refractivity contribution < 1.29 is 9.59 Å². The summed E-state index contributed by atoms with van der Waals surface area (Å²) in [6.07, 6.45) is 3.60. The maximum absolute atomic E-state index is 12.4. The van der Waals surface area contributed by atoms with Crippen LogP contribution in [0.2, 0.25) is 5.02 Å². The highest BCUT2D eigenvalue weighted by atomic mass is 35.5. The molecule has 0 bridgehead atoms. The maximum atomic E-state index is 12.4. The van der Waals surface area contributed by atoms with Crippen LogP contribution >= 0.6 is 23.4 Å². The maximum Gasteiger partial charge on any atom is 0.298 e. The number of imide groups is 1. The number of thioether (sulfide) groups is 1. The number of aryl methyl sites for hydroxylation is 1. The second-order valence-corrected chi connectivity index (χ2v) is 5.97. The fourth-order valence-corrected chi connectivity index (χ4v) is 3.07. The predicted molar refractivity (Wildman–Crippen MR) is 85.3 cm³/mol. The fraction of sp³-hybridized carbons (Fsp3) is 0.0667. The molecule has 0 N–H and O–H groups in total. The second kappa shape index (κ2) is 5.42. The molecule has 2 amide bonds. The van der Waals surface area contributed by atoms with Crippen LogP contribution in [0.1, 0.15) is 5.69 Å². The van der Waals surface area contributed by atoms with E-state index in [2.05, 4.69) is 0 Å². The van der Waals surface area contributed by atoms with Gasteiger partial charge in [-0.15, -0.1) is 0 Å². The lowest BCUT2D eigenvalue weighted by Crippen LogP contribution is -2.27. The smallest absolute Gasteiger partial charge is 0.298 e. The third-order valence-electron chi connectivity index (χ3n) is 3.12. The number of carbonyl (C=O) groups is 2. The van der Waals surface area contributed by atoms with Crippen LogP contribution in [0, 0.1) is 0 Å². The van der Waals surface area contributed by atoms with Crippen molar-refractivity contribution in [3.05, 3.63) is 58.2 Å². The number of nitrogens with zero attached hydrogens (tertiary/aromatic N) is 2. The summed E-state index contributed by atoms with van der Waals surface area (Å²) >= 11 is 6.85. The van der Waals surface area contributed by atoms with Crippen LogP contribution in [-0.4, -0.2) is 15.7 Å². The summed E-state index contributed by atoms with van der Waals surface area (Å²) in [6, 6.07) is 10.5. The molecule has 0 saturated carbocycles. The minimum absolute atomic E-state index is 0.317. The molecule has 1 saturated heterocycles. The lowest BCUT2D eigenvalue weighted by molar-refractivity contribution is -0.113. The monoisotopic (exact) mass is 318 g/mol. The summed E-state index contributed by atoms with van der Waals surface area (Å²) in [4.78, 5) is 26.1. The Labute approximate surface area is 131 Å². The summed E-state index contributed by atoms with van der Waals surface area (Å²) < 4.78 is 1.88. The summed E-state index contributed by atoms with van der Waals surface area (Å²) in [6.45, 7) is 0. The standard InChI is InChI=1S/C15H11ClN2O2S/c1-17-7-3-6-11(17)9-13-14(19)18(15(20)21-13)12-5-2-4-10(16)8-12/h2-9H,1H3. The van der Waals surface area contributed by atoms with Gasteiger partial charge in [-0.3, -0.25) is 9.59 Å². The number of amides is 2. The Bertz CT molecular complexity index is 767. The zero-order valence-corrected chi connectivity index (χ0v) is 12.7. The number of hydrogen-bond acceptors (Lipinski definition) is 3. The highest BCUT2D eigenvalue weighted by Gasteiger charge is 2.36. The van der Waals surface area contributed by atoms with Crippen molar-refractivity contribution in [1.82, 2.24) is 4.57 Å². The average Bonchev–Trinajstić information content (AvgIpc) is 2.95. The van der Waals surface area contributed by atoms with Gasteiger partial charge < -0.3 is 4.57 Å². The number of rotatable bonds is 2. The Morgan fingerprint density at radius 2 is 2.00 bits per heavy atom. The van der Waals surface area contributed by atoms with Gasteiger partial charge >= 0.3 is 0 Å². The SMILES string of the molecule is Cn1cccc1C=C1SC(=O)N(c2cccc(Cl)c2)C1=O. The molecule has 1 aliphatic heterocycles. The van der Waals surface area contributed by atoms with Gasteiger partial charge in [0, 0.05) is 24.0 Å². The van der Waals surface area contributed by atoms with Gasteiger partial charge in [0.05, 0.1) is 10.6 Å². The summed E-state index contributed by atoms with van der Waals surface area (Å²) in [5, 5.41) is 0.167. The quantitative estimate of drug-likeness (QED) is 0.788. The topological polar surface area (TPSA) is 42.3 Å². The van der Waals surface area contributed by atoms with E-state index in [1.54, 1.807) is 30.3 Å². The van der Waals surface area contributed by atoms with Gasteiger partial charge in [-0.25, -0.2) is 4.90 Å². The lowest BCUT2D eigenvalue weighted by atomic mass is 10.3. The largest absolute Gasteiger partial charge is 0.351 e. The van der Waals surface area contributed by atoms with Crippen LogP contribution in [0.25, 0.3) is 6.08 Å². The lowest BCUT2D eigenvalue weighted by Gasteiger charge is -2.12. The normalized spacial score (nSPS) is 17.0. The Kier molecular flexibility index (Phi) is 3.61. The van der Waals surface area contributed by atoms with Crippen molar-refractivity contribution in [2.75, 3.05) is 4.90 Å². The van der Waals surface area contributed by atoms with Crippen molar-refractivity contribution >= 4 is 46.3 Å². The molecule has 6 heteroatoms. The molecule has 21 heavy (non-hydrogen) atoms. The molecule has 1 fully saturated rings. The average molecular weight is 319 g/mol. The molecule has 0 atom stereocenters. The van der Waals surface area contributed by atoms with E-state index < -0.39 is 0 Å². The van der Waals surface area contributed by atoms with Gasteiger partial charge in [0.15, 0.2) is 0 Å². The summed E-state index contributed by atoms with van der Waals surface area (Å²) in [7, 11) is 1.88. The highest BCUT2D eigenvalue weighted by Crippen LogP contribution is 2.36. The number of aromatic nitrogens is 1. The van der Waals surface area contributed by atoms with Crippen LogP contribution in [-0.2, 0) is 11.8 Å². The Morgan fingerprint density at radius 3 is 2.67 bits per heavy atom. The van der Waals surface area contributed by atoms with Gasteiger partial charge in [-0.05, 0) is 48.2 Å². The fourth-order valence-electron chi connectivity index (χ4n) is 2.06. The predicted octanol–water partition coefficient (Wildman–Crippen LogP) is 3.92. The first-order valence-electron chi connectivity index (χ1n) is 6.21. The first kappa shape index (κ1) is 14.0. The van der Waals surface area contributed by atoms with Gasteiger partial charge in [0.25, 0.3) is 11.1 Å². The van der Waals surface area contributed by atoms with Crippen molar-refractivity contribution in [2.45, 2.75) is 0 Å². The first-order valence-corrected chi connectivity index (χ1v) is 7.40. The van der Waals surface area contributed by atoms with Crippen molar-refractivity contribution in [3.63, 3.8) is 0 Å². The molecule has 2 heterocycles. The molecule has 0 spiro atoms. The van der Waals surface area contributed by atoms with Crippen molar-refractivity contribution in [1.29, 1.82) is 0 Å². The van der Waals surface area contributed by atoms with Gasteiger partial charge in [-0.2, -0.15) is 0 Å². The van der Waals surface area contributed by atoms with E-state index in [4.69, 9.17) is 11.6 Å². The Hall–Kier alpha value is -1.98. The number of carbonyl (C=O) groups excluding carboxylic acids is 2. The third-order valence-corrected chi connectivity index (χ3v) is 4.23. The third kappa shape index (κ3) is 2.62. The molecule has 3 rings (SSSR count). The molecule has 0 aliphatic carbocycles. The van der Waals surface area contributed by atoms with E-state index >= 15 is 0 Å².